The van der Waals surface area contributed by atoms with Crippen molar-refractivity contribution in [3.63, 3.8) is 0 Å². The first-order valence-corrected chi connectivity index (χ1v) is 9.94. The fourth-order valence-corrected chi connectivity index (χ4v) is 3.88. The van der Waals surface area contributed by atoms with E-state index in [0.29, 0.717) is 23.6 Å². The Morgan fingerprint density at radius 3 is 2.38 bits per heavy atom. The van der Waals surface area contributed by atoms with Crippen molar-refractivity contribution >= 4 is 0 Å². The Labute approximate surface area is 156 Å². The quantitative estimate of drug-likeness (QED) is 0.626. The molecule has 3 rings (SSSR count). The molecular weight excluding hydrogens is 327 g/mol. The van der Waals surface area contributed by atoms with Gasteiger partial charge in [0.15, 0.2) is 0 Å². The van der Waals surface area contributed by atoms with Gasteiger partial charge in [-0.2, -0.15) is 10.2 Å². The summed E-state index contributed by atoms with van der Waals surface area (Å²) in [5, 5.41) is 8.57. The van der Waals surface area contributed by atoms with Gasteiger partial charge in [0.05, 0.1) is 18.0 Å². The summed E-state index contributed by atoms with van der Waals surface area (Å²) >= 11 is 0. The van der Waals surface area contributed by atoms with Gasteiger partial charge in [-0.3, -0.25) is 0 Å². The molecule has 1 aliphatic rings. The van der Waals surface area contributed by atoms with Gasteiger partial charge in [0.2, 0.25) is 0 Å². The maximum absolute atomic E-state index is 14.3. The van der Waals surface area contributed by atoms with Crippen molar-refractivity contribution in [1.82, 2.24) is 10.2 Å². The van der Waals surface area contributed by atoms with Crippen LogP contribution in [0.5, 0.6) is 5.75 Å². The van der Waals surface area contributed by atoms with Crippen LogP contribution >= 0.6 is 0 Å². The minimum atomic E-state index is -0.328. The molecule has 0 radical (unpaired) electrons. The average Bonchev–Trinajstić information content (AvgIpc) is 2.68. The summed E-state index contributed by atoms with van der Waals surface area (Å²) in [7, 11) is 0. The molecule has 1 aromatic carbocycles. The lowest BCUT2D eigenvalue weighted by Crippen LogP contribution is -2.14. The van der Waals surface area contributed by atoms with Crippen molar-refractivity contribution in [2.75, 3.05) is 6.61 Å². The topological polar surface area (TPSA) is 35.0 Å². The van der Waals surface area contributed by atoms with Crippen LogP contribution in [0.15, 0.2) is 30.3 Å². The first kappa shape index (κ1) is 18.8. The third-order valence-electron chi connectivity index (χ3n) is 5.60. The van der Waals surface area contributed by atoms with E-state index in [2.05, 4.69) is 17.1 Å². The predicted molar refractivity (Wildman–Crippen MR) is 103 cm³/mol. The van der Waals surface area contributed by atoms with Crippen LogP contribution in [0.2, 0.25) is 0 Å². The zero-order valence-corrected chi connectivity index (χ0v) is 15.9. The third-order valence-corrected chi connectivity index (χ3v) is 5.60. The molecule has 1 heterocycles. The molecule has 0 aliphatic heterocycles. The summed E-state index contributed by atoms with van der Waals surface area (Å²) < 4.78 is 19.6. The van der Waals surface area contributed by atoms with E-state index in [1.54, 1.807) is 12.1 Å². The highest BCUT2D eigenvalue weighted by Crippen LogP contribution is 2.33. The van der Waals surface area contributed by atoms with Crippen LogP contribution < -0.4 is 4.74 Å². The maximum Gasteiger partial charge on any atom is 0.136 e. The lowest BCUT2D eigenvalue weighted by Gasteiger charge is -2.27. The SMILES string of the molecule is CCOc1ccc(-c2ccc(CCC3CCC(CC)CC3)nn2)c(F)c1. The van der Waals surface area contributed by atoms with Crippen LogP contribution in [0.3, 0.4) is 0 Å². The van der Waals surface area contributed by atoms with E-state index >= 15 is 0 Å². The summed E-state index contributed by atoms with van der Waals surface area (Å²) in [5.74, 6) is 1.97. The second-order valence-electron chi connectivity index (χ2n) is 7.32. The van der Waals surface area contributed by atoms with E-state index in [9.17, 15) is 4.39 Å². The molecule has 0 bridgehead atoms. The molecule has 0 atom stereocenters. The highest BCUT2D eigenvalue weighted by atomic mass is 19.1. The van der Waals surface area contributed by atoms with E-state index in [4.69, 9.17) is 4.74 Å². The Morgan fingerprint density at radius 2 is 1.77 bits per heavy atom. The molecular formula is C22H29FN2O. The van der Waals surface area contributed by atoms with Gasteiger partial charge in [0, 0.05) is 11.6 Å². The van der Waals surface area contributed by atoms with Crippen LogP contribution in [-0.2, 0) is 6.42 Å². The molecule has 1 saturated carbocycles. The maximum atomic E-state index is 14.3. The minimum Gasteiger partial charge on any atom is -0.494 e. The number of rotatable bonds is 7. The Hall–Kier alpha value is -1.97. The molecule has 1 aromatic heterocycles. The number of halogens is 1. The van der Waals surface area contributed by atoms with Crippen molar-refractivity contribution in [3.05, 3.63) is 41.8 Å². The molecule has 26 heavy (non-hydrogen) atoms. The van der Waals surface area contributed by atoms with Crippen molar-refractivity contribution in [2.24, 2.45) is 11.8 Å². The van der Waals surface area contributed by atoms with Gasteiger partial charge in [-0.05, 0) is 55.9 Å². The van der Waals surface area contributed by atoms with Crippen LogP contribution in [0, 0.1) is 17.7 Å². The molecule has 0 N–H and O–H groups in total. The second kappa shape index (κ2) is 9.11. The molecule has 1 aliphatic carbocycles. The molecule has 3 nitrogen and oxygen atoms in total. The van der Waals surface area contributed by atoms with Crippen LogP contribution in [0.1, 0.15) is 58.1 Å². The Morgan fingerprint density at radius 1 is 1.00 bits per heavy atom. The fourth-order valence-electron chi connectivity index (χ4n) is 3.88. The summed E-state index contributed by atoms with van der Waals surface area (Å²) in [6.45, 7) is 4.70. The van der Waals surface area contributed by atoms with Crippen molar-refractivity contribution in [2.45, 2.75) is 58.8 Å². The van der Waals surface area contributed by atoms with Crippen molar-refractivity contribution in [3.8, 4) is 17.0 Å². The number of hydrogen-bond donors (Lipinski definition) is 0. The zero-order valence-electron chi connectivity index (χ0n) is 15.9. The van der Waals surface area contributed by atoms with Crippen LogP contribution in [-0.4, -0.2) is 16.8 Å². The normalized spacial score (nSPS) is 20.1. The highest BCUT2D eigenvalue weighted by Gasteiger charge is 2.20. The van der Waals surface area contributed by atoms with Gasteiger partial charge in [-0.15, -0.1) is 0 Å². The largest absolute Gasteiger partial charge is 0.494 e. The van der Waals surface area contributed by atoms with Crippen LogP contribution in [0.4, 0.5) is 4.39 Å². The summed E-state index contributed by atoms with van der Waals surface area (Å²) in [4.78, 5) is 0. The van der Waals surface area contributed by atoms with E-state index < -0.39 is 0 Å². The fraction of sp³-hybridized carbons (Fsp3) is 0.545. The van der Waals surface area contributed by atoms with Crippen LogP contribution in [0.25, 0.3) is 11.3 Å². The number of aromatic nitrogens is 2. The number of aryl methyl sites for hydroxylation is 1. The molecule has 140 valence electrons. The monoisotopic (exact) mass is 356 g/mol. The zero-order chi connectivity index (χ0) is 18.4. The van der Waals surface area contributed by atoms with Crippen molar-refractivity contribution < 1.29 is 9.13 Å². The Kier molecular flexibility index (Phi) is 6.59. The summed E-state index contributed by atoms with van der Waals surface area (Å²) in [6.07, 6.45) is 8.92. The van der Waals surface area contributed by atoms with E-state index in [1.165, 1.54) is 44.6 Å². The standard InChI is InChI=1S/C22H29FN2O/c1-3-16-5-7-17(8-6-16)9-10-18-11-14-22(25-24-18)20-13-12-19(26-4-2)15-21(20)23/h11-17H,3-10H2,1-2H3. The predicted octanol–water partition coefficient (Wildman–Crippen LogP) is 5.83. The smallest absolute Gasteiger partial charge is 0.136 e. The second-order valence-corrected chi connectivity index (χ2v) is 7.32. The molecule has 1 fully saturated rings. The molecule has 2 aromatic rings. The molecule has 0 spiro atoms. The van der Waals surface area contributed by atoms with E-state index in [1.807, 2.05) is 19.1 Å². The lowest BCUT2D eigenvalue weighted by molar-refractivity contribution is 0.258. The van der Waals surface area contributed by atoms with Gasteiger partial charge < -0.3 is 4.74 Å². The van der Waals surface area contributed by atoms with Gasteiger partial charge in [0.1, 0.15) is 11.6 Å². The Balaban J connectivity index is 1.57. The molecule has 0 unspecified atom stereocenters. The minimum absolute atomic E-state index is 0.328. The average molecular weight is 356 g/mol. The molecule has 4 heteroatoms. The number of hydrogen-bond acceptors (Lipinski definition) is 3. The van der Waals surface area contributed by atoms with Crippen molar-refractivity contribution in [1.29, 1.82) is 0 Å². The Bertz CT molecular complexity index is 694. The first-order chi connectivity index (χ1) is 12.7. The first-order valence-electron chi connectivity index (χ1n) is 9.94. The van der Waals surface area contributed by atoms with Gasteiger partial charge in [-0.25, -0.2) is 4.39 Å². The molecule has 0 amide bonds. The van der Waals surface area contributed by atoms with Gasteiger partial charge in [0.25, 0.3) is 0 Å². The molecule has 0 saturated heterocycles. The van der Waals surface area contributed by atoms with E-state index in [0.717, 1.165) is 24.0 Å². The summed E-state index contributed by atoms with van der Waals surface area (Å²) in [6, 6.07) is 8.73. The third kappa shape index (κ3) is 4.80. The van der Waals surface area contributed by atoms with Gasteiger partial charge in [-0.1, -0.05) is 39.0 Å². The summed E-state index contributed by atoms with van der Waals surface area (Å²) in [5.41, 5.74) is 2.03. The highest BCUT2D eigenvalue weighted by molar-refractivity contribution is 5.60. The lowest BCUT2D eigenvalue weighted by atomic mass is 9.79. The number of ether oxygens (including phenoxy) is 1. The van der Waals surface area contributed by atoms with Gasteiger partial charge >= 0.3 is 0 Å². The van der Waals surface area contributed by atoms with E-state index in [-0.39, 0.29) is 5.82 Å². The number of nitrogens with zero attached hydrogens (tertiary/aromatic N) is 2. The number of benzene rings is 1.